The maximum Gasteiger partial charge on any atom is 0.0241 e. The molecule has 0 aromatic rings. The maximum absolute atomic E-state index is 5.62. The molecule has 0 aliphatic heterocycles. The van der Waals surface area contributed by atoms with Gasteiger partial charge < -0.3 is 0 Å². The molecule has 2 nitrogen and oxygen atoms in total. The summed E-state index contributed by atoms with van der Waals surface area (Å²) in [6.07, 6.45) is 13.9. The van der Waals surface area contributed by atoms with Gasteiger partial charge in [-0.25, -0.2) is 0 Å². The molecule has 1 rings (SSSR count). The van der Waals surface area contributed by atoms with E-state index in [4.69, 9.17) is 5.84 Å². The largest absolute Gasteiger partial charge is 0.271 e. The summed E-state index contributed by atoms with van der Waals surface area (Å²) in [4.78, 5) is 0. The Morgan fingerprint density at radius 1 is 1.06 bits per heavy atom. The number of unbranched alkanes of at least 4 members (excludes halogenated alkanes) is 7. The van der Waals surface area contributed by atoms with E-state index >= 15 is 0 Å². The zero-order valence-corrected chi connectivity index (χ0v) is 11.9. The quantitative estimate of drug-likeness (QED) is 0.325. The minimum atomic E-state index is 0.588. The lowest BCUT2D eigenvalue weighted by atomic mass is 10.0. The van der Waals surface area contributed by atoms with E-state index in [1.807, 2.05) is 0 Å². The van der Waals surface area contributed by atoms with Crippen molar-refractivity contribution in [1.82, 2.24) is 5.43 Å². The molecule has 3 N–H and O–H groups in total. The Morgan fingerprint density at radius 2 is 1.59 bits per heavy atom. The van der Waals surface area contributed by atoms with Gasteiger partial charge in [-0.3, -0.25) is 11.3 Å². The molecular formula is C15H32N2. The summed E-state index contributed by atoms with van der Waals surface area (Å²) >= 11 is 0. The van der Waals surface area contributed by atoms with E-state index in [9.17, 15) is 0 Å². The smallest absolute Gasteiger partial charge is 0.0241 e. The maximum atomic E-state index is 5.62. The first-order chi connectivity index (χ1) is 8.29. The average molecular weight is 240 g/mol. The van der Waals surface area contributed by atoms with E-state index in [2.05, 4.69) is 19.3 Å². The third-order valence-electron chi connectivity index (χ3n) is 4.27. The highest BCUT2D eigenvalue weighted by Gasteiger charge is 2.38. The SMILES string of the molecule is CCCCCCCCCCC(NN)C1CC1C. The first-order valence-corrected chi connectivity index (χ1v) is 7.75. The molecule has 3 atom stereocenters. The number of nitrogens with two attached hydrogens (primary N) is 1. The van der Waals surface area contributed by atoms with Crippen LogP contribution in [0.1, 0.15) is 78.1 Å². The molecule has 0 radical (unpaired) electrons. The number of hydrogen-bond acceptors (Lipinski definition) is 2. The number of rotatable bonds is 11. The zero-order valence-electron chi connectivity index (χ0n) is 11.9. The Morgan fingerprint density at radius 3 is 2.06 bits per heavy atom. The van der Waals surface area contributed by atoms with Crippen LogP contribution in [0.5, 0.6) is 0 Å². The fourth-order valence-corrected chi connectivity index (χ4v) is 2.83. The number of hydrazine groups is 1. The first kappa shape index (κ1) is 15.0. The molecule has 0 saturated heterocycles. The van der Waals surface area contributed by atoms with Gasteiger partial charge in [-0.15, -0.1) is 0 Å². The van der Waals surface area contributed by atoms with Gasteiger partial charge in [-0.2, -0.15) is 0 Å². The van der Waals surface area contributed by atoms with Crippen LogP contribution in [0.2, 0.25) is 0 Å². The minimum Gasteiger partial charge on any atom is -0.271 e. The molecule has 1 saturated carbocycles. The van der Waals surface area contributed by atoms with E-state index in [-0.39, 0.29) is 0 Å². The molecule has 0 bridgehead atoms. The van der Waals surface area contributed by atoms with Crippen molar-refractivity contribution in [3.8, 4) is 0 Å². The van der Waals surface area contributed by atoms with E-state index in [0.29, 0.717) is 6.04 Å². The Balaban J connectivity index is 1.86. The molecule has 0 spiro atoms. The fraction of sp³-hybridized carbons (Fsp3) is 1.00. The molecule has 102 valence electrons. The summed E-state index contributed by atoms with van der Waals surface area (Å²) < 4.78 is 0. The summed E-state index contributed by atoms with van der Waals surface area (Å²) in [6, 6.07) is 0.588. The minimum absolute atomic E-state index is 0.588. The zero-order chi connectivity index (χ0) is 12.5. The van der Waals surface area contributed by atoms with Crippen molar-refractivity contribution in [1.29, 1.82) is 0 Å². The summed E-state index contributed by atoms with van der Waals surface area (Å²) in [6.45, 7) is 4.61. The Hall–Kier alpha value is -0.0800. The summed E-state index contributed by atoms with van der Waals surface area (Å²) in [5, 5.41) is 0. The van der Waals surface area contributed by atoms with Crippen LogP contribution in [0.15, 0.2) is 0 Å². The van der Waals surface area contributed by atoms with Crippen LogP contribution in [0, 0.1) is 11.8 Å². The van der Waals surface area contributed by atoms with Crippen LogP contribution in [0.4, 0.5) is 0 Å². The Labute approximate surface area is 108 Å². The van der Waals surface area contributed by atoms with Crippen molar-refractivity contribution in [2.45, 2.75) is 84.1 Å². The van der Waals surface area contributed by atoms with Crippen LogP contribution >= 0.6 is 0 Å². The van der Waals surface area contributed by atoms with Crippen LogP contribution in [-0.2, 0) is 0 Å². The predicted molar refractivity (Wildman–Crippen MR) is 75.6 cm³/mol. The highest BCUT2D eigenvalue weighted by atomic mass is 15.2. The van der Waals surface area contributed by atoms with Crippen molar-refractivity contribution >= 4 is 0 Å². The standard InChI is InChI=1S/C15H32N2/c1-3-4-5-6-7-8-9-10-11-15(17-16)14-12-13(14)2/h13-15,17H,3-12,16H2,1-2H3. The molecule has 2 heteroatoms. The van der Waals surface area contributed by atoms with Crippen molar-refractivity contribution in [3.63, 3.8) is 0 Å². The molecule has 17 heavy (non-hydrogen) atoms. The summed E-state index contributed by atoms with van der Waals surface area (Å²) in [5.41, 5.74) is 3.01. The number of nitrogens with one attached hydrogen (secondary N) is 1. The molecule has 0 heterocycles. The van der Waals surface area contributed by atoms with Crippen molar-refractivity contribution in [3.05, 3.63) is 0 Å². The van der Waals surface area contributed by atoms with Gasteiger partial charge in [0.15, 0.2) is 0 Å². The van der Waals surface area contributed by atoms with Gasteiger partial charge in [-0.1, -0.05) is 65.2 Å². The normalized spacial score (nSPS) is 24.9. The van der Waals surface area contributed by atoms with Gasteiger partial charge in [0.25, 0.3) is 0 Å². The first-order valence-electron chi connectivity index (χ1n) is 7.75. The topological polar surface area (TPSA) is 38.0 Å². The predicted octanol–water partition coefficient (Wildman–Crippen LogP) is 4.01. The van der Waals surface area contributed by atoms with Crippen LogP contribution in [0.3, 0.4) is 0 Å². The van der Waals surface area contributed by atoms with E-state index in [1.54, 1.807) is 0 Å². The van der Waals surface area contributed by atoms with E-state index < -0.39 is 0 Å². The Kier molecular flexibility index (Phi) is 7.87. The van der Waals surface area contributed by atoms with Crippen molar-refractivity contribution < 1.29 is 0 Å². The van der Waals surface area contributed by atoms with Gasteiger partial charge in [0.1, 0.15) is 0 Å². The lowest BCUT2D eigenvalue weighted by Gasteiger charge is -2.15. The molecule has 1 fully saturated rings. The Bertz CT molecular complexity index is 182. The van der Waals surface area contributed by atoms with Crippen LogP contribution < -0.4 is 11.3 Å². The summed E-state index contributed by atoms with van der Waals surface area (Å²) in [7, 11) is 0. The molecule has 0 amide bonds. The van der Waals surface area contributed by atoms with Gasteiger partial charge in [-0.05, 0) is 24.7 Å². The lowest BCUT2D eigenvalue weighted by Crippen LogP contribution is -2.37. The van der Waals surface area contributed by atoms with E-state index in [1.165, 1.54) is 64.2 Å². The molecule has 3 unspecified atom stereocenters. The molecule has 1 aliphatic rings. The second-order valence-corrected chi connectivity index (χ2v) is 5.91. The molecule has 1 aliphatic carbocycles. The highest BCUT2D eigenvalue weighted by molar-refractivity contribution is 4.91. The third kappa shape index (κ3) is 6.42. The highest BCUT2D eigenvalue weighted by Crippen LogP contribution is 2.41. The second kappa shape index (κ2) is 8.93. The van der Waals surface area contributed by atoms with Gasteiger partial charge in [0.05, 0.1) is 0 Å². The lowest BCUT2D eigenvalue weighted by molar-refractivity contribution is 0.409. The molecule has 0 aromatic carbocycles. The third-order valence-corrected chi connectivity index (χ3v) is 4.27. The monoisotopic (exact) mass is 240 g/mol. The van der Waals surface area contributed by atoms with Crippen LogP contribution in [-0.4, -0.2) is 6.04 Å². The fourth-order valence-electron chi connectivity index (χ4n) is 2.83. The second-order valence-electron chi connectivity index (χ2n) is 5.91. The molecular weight excluding hydrogens is 208 g/mol. The van der Waals surface area contributed by atoms with E-state index in [0.717, 1.165) is 11.8 Å². The van der Waals surface area contributed by atoms with Crippen LogP contribution in [0.25, 0.3) is 0 Å². The summed E-state index contributed by atoms with van der Waals surface area (Å²) in [5.74, 6) is 7.39. The molecule has 0 aromatic heterocycles. The number of hydrogen-bond donors (Lipinski definition) is 2. The van der Waals surface area contributed by atoms with Gasteiger partial charge in [0.2, 0.25) is 0 Å². The van der Waals surface area contributed by atoms with Gasteiger partial charge >= 0.3 is 0 Å². The van der Waals surface area contributed by atoms with Crippen molar-refractivity contribution in [2.24, 2.45) is 17.7 Å². The van der Waals surface area contributed by atoms with Gasteiger partial charge in [0, 0.05) is 6.04 Å². The van der Waals surface area contributed by atoms with Crippen molar-refractivity contribution in [2.75, 3.05) is 0 Å². The average Bonchev–Trinajstić information content (AvgIpc) is 3.04.